The lowest BCUT2D eigenvalue weighted by atomic mass is 10.0. The molecular formula is C11H18O2. The van der Waals surface area contributed by atoms with Crippen LogP contribution in [0, 0.1) is 17.3 Å². The fourth-order valence-electron chi connectivity index (χ4n) is 2.08. The van der Waals surface area contributed by atoms with E-state index in [0.717, 1.165) is 6.42 Å². The van der Waals surface area contributed by atoms with Crippen molar-refractivity contribution < 1.29 is 9.90 Å². The molecule has 0 aliphatic heterocycles. The van der Waals surface area contributed by atoms with Crippen molar-refractivity contribution in [2.75, 3.05) is 0 Å². The highest BCUT2D eigenvalue weighted by atomic mass is 16.4. The summed E-state index contributed by atoms with van der Waals surface area (Å²) >= 11 is 0. The molecule has 0 bridgehead atoms. The smallest absolute Gasteiger partial charge is 0.307 e. The molecule has 1 N–H and O–H groups in total. The van der Waals surface area contributed by atoms with E-state index in [1.54, 1.807) is 0 Å². The van der Waals surface area contributed by atoms with Crippen LogP contribution in [0.2, 0.25) is 0 Å². The summed E-state index contributed by atoms with van der Waals surface area (Å²) < 4.78 is 0. The number of aliphatic carboxylic acids is 1. The molecule has 0 saturated heterocycles. The van der Waals surface area contributed by atoms with Crippen LogP contribution in [-0.4, -0.2) is 11.1 Å². The molecule has 0 radical (unpaired) electrons. The number of hydrogen-bond donors (Lipinski definition) is 1. The second-order valence-corrected chi connectivity index (χ2v) is 4.58. The van der Waals surface area contributed by atoms with Crippen molar-refractivity contribution in [2.24, 2.45) is 17.3 Å². The zero-order chi connectivity index (χ0) is 10.2. The van der Waals surface area contributed by atoms with Gasteiger partial charge in [0.2, 0.25) is 0 Å². The van der Waals surface area contributed by atoms with E-state index in [0.29, 0.717) is 5.92 Å². The number of hydrogen-bond acceptors (Lipinski definition) is 1. The first-order valence-corrected chi connectivity index (χ1v) is 4.75. The molecule has 1 saturated carbocycles. The topological polar surface area (TPSA) is 37.3 Å². The second kappa shape index (κ2) is 3.17. The van der Waals surface area contributed by atoms with Crippen molar-refractivity contribution in [1.29, 1.82) is 0 Å². The highest BCUT2D eigenvalue weighted by Crippen LogP contribution is 2.60. The van der Waals surface area contributed by atoms with E-state index in [1.165, 1.54) is 5.57 Å². The summed E-state index contributed by atoms with van der Waals surface area (Å²) in [4.78, 5) is 10.8. The number of carboxylic acids is 1. The van der Waals surface area contributed by atoms with Gasteiger partial charge in [-0.05, 0) is 31.6 Å². The Balaban J connectivity index is 2.61. The van der Waals surface area contributed by atoms with Gasteiger partial charge in [-0.25, -0.2) is 0 Å². The third-order valence-corrected chi connectivity index (χ3v) is 3.35. The van der Waals surface area contributed by atoms with Crippen LogP contribution in [0.5, 0.6) is 0 Å². The molecule has 2 atom stereocenters. The molecular weight excluding hydrogens is 164 g/mol. The highest BCUT2D eigenvalue weighted by Gasteiger charge is 2.61. The van der Waals surface area contributed by atoms with Gasteiger partial charge in [0, 0.05) is 0 Å². The van der Waals surface area contributed by atoms with Gasteiger partial charge in [0.15, 0.2) is 0 Å². The molecule has 0 aromatic rings. The molecule has 13 heavy (non-hydrogen) atoms. The number of carboxylic acid groups (broad SMARTS) is 1. The van der Waals surface area contributed by atoms with E-state index < -0.39 is 5.97 Å². The van der Waals surface area contributed by atoms with Crippen molar-refractivity contribution >= 4 is 5.97 Å². The minimum Gasteiger partial charge on any atom is -0.481 e. The molecule has 0 heterocycles. The largest absolute Gasteiger partial charge is 0.481 e. The third kappa shape index (κ3) is 1.77. The molecule has 0 aromatic heterocycles. The first-order chi connectivity index (χ1) is 5.91. The monoisotopic (exact) mass is 182 g/mol. The predicted molar refractivity (Wildman–Crippen MR) is 52.4 cm³/mol. The predicted octanol–water partition coefficient (Wildman–Crippen LogP) is 2.70. The molecule has 0 spiro atoms. The lowest BCUT2D eigenvalue weighted by Gasteiger charge is -2.01. The maximum atomic E-state index is 10.8. The van der Waals surface area contributed by atoms with Crippen LogP contribution in [0.3, 0.4) is 0 Å². The van der Waals surface area contributed by atoms with Crippen molar-refractivity contribution in [3.8, 4) is 0 Å². The maximum Gasteiger partial charge on any atom is 0.307 e. The fourth-order valence-corrected chi connectivity index (χ4v) is 2.08. The van der Waals surface area contributed by atoms with Crippen LogP contribution in [0.1, 0.15) is 34.1 Å². The Kier molecular flexibility index (Phi) is 2.51. The number of allylic oxidation sites excluding steroid dienone is 2. The Morgan fingerprint density at radius 2 is 2.08 bits per heavy atom. The first-order valence-electron chi connectivity index (χ1n) is 4.75. The Hall–Kier alpha value is -0.790. The molecule has 1 rings (SSSR count). The standard InChI is InChI=1S/C11H18O2/c1-5-7(2)6-8-9(10(12)13)11(8,3)4/h5,8-9H,6H2,1-4H3,(H,12,13)/b7-5-. The Morgan fingerprint density at radius 3 is 2.38 bits per heavy atom. The van der Waals surface area contributed by atoms with E-state index in [-0.39, 0.29) is 11.3 Å². The first kappa shape index (κ1) is 10.3. The van der Waals surface area contributed by atoms with E-state index >= 15 is 0 Å². The van der Waals surface area contributed by atoms with Crippen LogP contribution < -0.4 is 0 Å². The summed E-state index contributed by atoms with van der Waals surface area (Å²) in [7, 11) is 0. The van der Waals surface area contributed by atoms with Gasteiger partial charge in [-0.15, -0.1) is 0 Å². The Bertz CT molecular complexity index is 251. The molecule has 0 amide bonds. The average Bonchev–Trinajstić information content (AvgIpc) is 2.53. The van der Waals surface area contributed by atoms with Crippen LogP contribution in [0.4, 0.5) is 0 Å². The summed E-state index contributed by atoms with van der Waals surface area (Å²) in [5, 5.41) is 8.93. The zero-order valence-corrected chi connectivity index (χ0v) is 8.79. The number of carbonyl (C=O) groups is 1. The molecule has 2 nitrogen and oxygen atoms in total. The summed E-state index contributed by atoms with van der Waals surface area (Å²) in [5.74, 6) is -0.442. The van der Waals surface area contributed by atoms with E-state index in [9.17, 15) is 4.79 Å². The Labute approximate surface area is 79.6 Å². The minimum absolute atomic E-state index is 0.00387. The van der Waals surface area contributed by atoms with Crippen molar-refractivity contribution in [1.82, 2.24) is 0 Å². The third-order valence-electron chi connectivity index (χ3n) is 3.35. The van der Waals surface area contributed by atoms with Crippen molar-refractivity contribution in [3.05, 3.63) is 11.6 Å². The fraction of sp³-hybridized carbons (Fsp3) is 0.727. The normalized spacial score (nSPS) is 31.5. The average molecular weight is 182 g/mol. The summed E-state index contributed by atoms with van der Waals surface area (Å²) in [6.07, 6.45) is 2.99. The summed E-state index contributed by atoms with van der Waals surface area (Å²) in [5.41, 5.74) is 1.29. The lowest BCUT2D eigenvalue weighted by molar-refractivity contribution is -0.139. The number of rotatable bonds is 3. The molecule has 1 fully saturated rings. The van der Waals surface area contributed by atoms with Crippen LogP contribution in [0.25, 0.3) is 0 Å². The van der Waals surface area contributed by atoms with Gasteiger partial charge in [0.25, 0.3) is 0 Å². The van der Waals surface area contributed by atoms with Gasteiger partial charge in [-0.3, -0.25) is 4.79 Å². The highest BCUT2D eigenvalue weighted by molar-refractivity contribution is 5.75. The van der Waals surface area contributed by atoms with Gasteiger partial charge >= 0.3 is 5.97 Å². The molecule has 1 aliphatic carbocycles. The van der Waals surface area contributed by atoms with Gasteiger partial charge in [0.1, 0.15) is 0 Å². The quantitative estimate of drug-likeness (QED) is 0.681. The van der Waals surface area contributed by atoms with E-state index in [4.69, 9.17) is 5.11 Å². The van der Waals surface area contributed by atoms with Crippen LogP contribution >= 0.6 is 0 Å². The van der Waals surface area contributed by atoms with Gasteiger partial charge in [-0.1, -0.05) is 25.5 Å². The molecule has 0 aromatic carbocycles. The SMILES string of the molecule is C/C=C(/C)CC1C(C(=O)O)C1(C)C. The minimum atomic E-state index is -0.640. The van der Waals surface area contributed by atoms with Crippen molar-refractivity contribution in [2.45, 2.75) is 34.1 Å². The molecule has 2 heteroatoms. The summed E-state index contributed by atoms with van der Waals surface area (Å²) in [6, 6.07) is 0. The zero-order valence-electron chi connectivity index (χ0n) is 8.79. The molecule has 2 unspecified atom stereocenters. The molecule has 1 aliphatic rings. The van der Waals surface area contributed by atoms with E-state index in [2.05, 4.69) is 13.0 Å². The second-order valence-electron chi connectivity index (χ2n) is 4.58. The van der Waals surface area contributed by atoms with Gasteiger partial charge in [-0.2, -0.15) is 0 Å². The molecule has 74 valence electrons. The van der Waals surface area contributed by atoms with Crippen molar-refractivity contribution in [3.63, 3.8) is 0 Å². The van der Waals surface area contributed by atoms with Gasteiger partial charge < -0.3 is 5.11 Å². The van der Waals surface area contributed by atoms with Crippen LogP contribution in [-0.2, 0) is 4.79 Å². The van der Waals surface area contributed by atoms with Crippen LogP contribution in [0.15, 0.2) is 11.6 Å². The lowest BCUT2D eigenvalue weighted by Crippen LogP contribution is -2.03. The maximum absolute atomic E-state index is 10.8. The Morgan fingerprint density at radius 1 is 1.54 bits per heavy atom. The van der Waals surface area contributed by atoms with E-state index in [1.807, 2.05) is 20.8 Å². The summed E-state index contributed by atoms with van der Waals surface area (Å²) in [6.45, 7) is 8.15. The van der Waals surface area contributed by atoms with Gasteiger partial charge in [0.05, 0.1) is 5.92 Å².